The molecule has 0 aliphatic heterocycles. The number of ether oxygens (including phenoxy) is 1. The predicted molar refractivity (Wildman–Crippen MR) is 103 cm³/mol. The first-order chi connectivity index (χ1) is 13.3. The van der Waals surface area contributed by atoms with Crippen LogP contribution in [-0.4, -0.2) is 23.6 Å². The van der Waals surface area contributed by atoms with Crippen molar-refractivity contribution < 1.29 is 17.5 Å². The van der Waals surface area contributed by atoms with Crippen molar-refractivity contribution in [3.05, 3.63) is 59.7 Å². The third-order valence-corrected chi connectivity index (χ3v) is 5.32. The van der Waals surface area contributed by atoms with Gasteiger partial charge in [0.2, 0.25) is 5.88 Å². The van der Waals surface area contributed by atoms with E-state index in [2.05, 4.69) is 19.9 Å². The van der Waals surface area contributed by atoms with Crippen LogP contribution in [0, 0.1) is 18.7 Å². The highest BCUT2D eigenvalue weighted by atomic mass is 32.2. The molecule has 0 atom stereocenters. The van der Waals surface area contributed by atoms with Crippen LogP contribution in [0.3, 0.4) is 0 Å². The summed E-state index contributed by atoms with van der Waals surface area (Å²) in [5.74, 6) is 0.319. The Labute approximate surface area is 163 Å². The maximum Gasteiger partial charge on any atom is 0.268 e. The lowest BCUT2D eigenvalue weighted by atomic mass is 10.0. The van der Waals surface area contributed by atoms with Crippen molar-refractivity contribution in [2.75, 3.05) is 4.72 Å². The van der Waals surface area contributed by atoms with Crippen molar-refractivity contribution in [1.29, 1.82) is 0 Å². The Bertz CT molecular complexity index is 1060. The highest BCUT2D eigenvalue weighted by molar-refractivity contribution is 7.92. The lowest BCUT2D eigenvalue weighted by molar-refractivity contribution is 0.446. The van der Waals surface area contributed by atoms with E-state index < -0.39 is 15.8 Å². The number of rotatable bonds is 7. The molecule has 0 unspecified atom stereocenters. The molecule has 0 fully saturated rings. The second kappa shape index (κ2) is 7.97. The van der Waals surface area contributed by atoms with E-state index >= 15 is 0 Å². The maximum absolute atomic E-state index is 13.1. The molecule has 2 heterocycles. The van der Waals surface area contributed by atoms with Gasteiger partial charge in [-0.2, -0.15) is 5.10 Å². The fraction of sp³-hybridized carbons (Fsp3) is 0.263. The summed E-state index contributed by atoms with van der Waals surface area (Å²) in [5.41, 5.74) is 1.61. The van der Waals surface area contributed by atoms with Gasteiger partial charge in [0, 0.05) is 17.5 Å². The van der Waals surface area contributed by atoms with E-state index in [1.165, 1.54) is 42.6 Å². The van der Waals surface area contributed by atoms with Crippen LogP contribution in [0.15, 0.2) is 47.5 Å². The fourth-order valence-electron chi connectivity index (χ4n) is 2.65. The number of H-pyrrole nitrogens is 1. The zero-order valence-corrected chi connectivity index (χ0v) is 16.5. The predicted octanol–water partition coefficient (Wildman–Crippen LogP) is 4.04. The molecule has 0 saturated heterocycles. The van der Waals surface area contributed by atoms with Crippen molar-refractivity contribution in [2.24, 2.45) is 5.92 Å². The second-order valence-corrected chi connectivity index (χ2v) is 8.39. The molecule has 2 N–H and O–H groups in total. The molecule has 0 bridgehead atoms. The standard InChI is InChI=1S/C19H21FN4O3S/c1-12(2)11-16-13(3)22-23-18(16)24-28(25,26)17-5-4-10-21-19(17)27-15-8-6-14(20)7-9-15/h4-10,12H,11H2,1-3H3,(H2,22,23,24). The summed E-state index contributed by atoms with van der Waals surface area (Å²) in [7, 11) is -4.01. The van der Waals surface area contributed by atoms with Crippen LogP contribution < -0.4 is 9.46 Å². The van der Waals surface area contributed by atoms with Crippen molar-refractivity contribution in [3.63, 3.8) is 0 Å². The lowest BCUT2D eigenvalue weighted by Gasteiger charge is -2.12. The van der Waals surface area contributed by atoms with Gasteiger partial charge in [0.15, 0.2) is 5.82 Å². The van der Waals surface area contributed by atoms with Gasteiger partial charge in [-0.15, -0.1) is 0 Å². The fourth-order valence-corrected chi connectivity index (χ4v) is 3.76. The van der Waals surface area contributed by atoms with Crippen molar-refractivity contribution in [1.82, 2.24) is 15.2 Å². The van der Waals surface area contributed by atoms with Crippen molar-refractivity contribution in [2.45, 2.75) is 32.1 Å². The topological polar surface area (TPSA) is 97.0 Å². The minimum atomic E-state index is -4.01. The number of pyridine rings is 1. The van der Waals surface area contributed by atoms with Gasteiger partial charge < -0.3 is 4.74 Å². The molecule has 2 aromatic heterocycles. The van der Waals surface area contributed by atoms with E-state index in [1.807, 2.05) is 20.8 Å². The molecule has 0 radical (unpaired) electrons. The summed E-state index contributed by atoms with van der Waals surface area (Å²) in [6.07, 6.45) is 2.09. The summed E-state index contributed by atoms with van der Waals surface area (Å²) in [4.78, 5) is 3.87. The number of aryl methyl sites for hydroxylation is 1. The van der Waals surface area contributed by atoms with Gasteiger partial charge in [-0.1, -0.05) is 13.8 Å². The molecule has 0 amide bonds. The van der Waals surface area contributed by atoms with Crippen molar-refractivity contribution in [3.8, 4) is 11.6 Å². The van der Waals surface area contributed by atoms with E-state index in [1.54, 1.807) is 0 Å². The zero-order valence-electron chi connectivity index (χ0n) is 15.7. The quantitative estimate of drug-likeness (QED) is 0.619. The van der Waals surface area contributed by atoms with Crippen LogP contribution in [0.2, 0.25) is 0 Å². The first-order valence-electron chi connectivity index (χ1n) is 8.71. The Morgan fingerprint density at radius 1 is 1.21 bits per heavy atom. The van der Waals surface area contributed by atoms with Gasteiger partial charge in [0.1, 0.15) is 16.5 Å². The minimum absolute atomic E-state index is 0.112. The molecule has 7 nitrogen and oxygen atoms in total. The number of anilines is 1. The average Bonchev–Trinajstić information content (AvgIpc) is 2.96. The summed E-state index contributed by atoms with van der Waals surface area (Å²) in [6.45, 7) is 5.93. The Morgan fingerprint density at radius 3 is 2.61 bits per heavy atom. The number of sulfonamides is 1. The molecule has 3 rings (SSSR count). The number of aromatic amines is 1. The number of hydrogen-bond acceptors (Lipinski definition) is 5. The third-order valence-electron chi connectivity index (χ3n) is 3.97. The van der Waals surface area contributed by atoms with E-state index in [0.717, 1.165) is 11.3 Å². The smallest absolute Gasteiger partial charge is 0.268 e. The van der Waals surface area contributed by atoms with E-state index in [9.17, 15) is 12.8 Å². The number of benzene rings is 1. The summed E-state index contributed by atoms with van der Waals surface area (Å²) in [6, 6.07) is 8.11. The van der Waals surface area contributed by atoms with Crippen LogP contribution >= 0.6 is 0 Å². The average molecular weight is 404 g/mol. The van der Waals surface area contributed by atoms with Crippen LogP contribution in [-0.2, 0) is 16.4 Å². The number of nitrogens with zero attached hydrogens (tertiary/aromatic N) is 2. The van der Waals surface area contributed by atoms with E-state index in [4.69, 9.17) is 4.74 Å². The third kappa shape index (κ3) is 4.48. The number of hydrogen-bond donors (Lipinski definition) is 2. The highest BCUT2D eigenvalue weighted by Gasteiger charge is 2.24. The molecule has 3 aromatic rings. The van der Waals surface area contributed by atoms with Gasteiger partial charge in [0.25, 0.3) is 10.0 Å². The lowest BCUT2D eigenvalue weighted by Crippen LogP contribution is -2.16. The van der Waals surface area contributed by atoms with Crippen LogP contribution in [0.5, 0.6) is 11.6 Å². The molecule has 28 heavy (non-hydrogen) atoms. The van der Waals surface area contributed by atoms with E-state index in [-0.39, 0.29) is 22.3 Å². The first-order valence-corrected chi connectivity index (χ1v) is 10.2. The Balaban J connectivity index is 1.92. The molecular weight excluding hydrogens is 383 g/mol. The summed E-state index contributed by atoms with van der Waals surface area (Å²) < 4.78 is 47.1. The second-order valence-electron chi connectivity index (χ2n) is 6.74. The summed E-state index contributed by atoms with van der Waals surface area (Å²) in [5, 5.41) is 6.90. The molecule has 9 heteroatoms. The number of aromatic nitrogens is 3. The highest BCUT2D eigenvalue weighted by Crippen LogP contribution is 2.29. The first kappa shape index (κ1) is 19.8. The van der Waals surface area contributed by atoms with Crippen LogP contribution in [0.4, 0.5) is 10.2 Å². The maximum atomic E-state index is 13.1. The van der Waals surface area contributed by atoms with Gasteiger partial charge >= 0.3 is 0 Å². The summed E-state index contributed by atoms with van der Waals surface area (Å²) >= 11 is 0. The molecule has 0 spiro atoms. The number of nitrogens with one attached hydrogen (secondary N) is 2. The Hall–Kier alpha value is -2.94. The largest absolute Gasteiger partial charge is 0.438 e. The number of halogens is 1. The zero-order chi connectivity index (χ0) is 20.3. The monoisotopic (exact) mass is 404 g/mol. The van der Waals surface area contributed by atoms with Gasteiger partial charge in [0.05, 0.1) is 0 Å². The molecule has 148 valence electrons. The van der Waals surface area contributed by atoms with Gasteiger partial charge in [-0.05, 0) is 55.7 Å². The van der Waals surface area contributed by atoms with Gasteiger partial charge in [-0.3, -0.25) is 9.82 Å². The van der Waals surface area contributed by atoms with Crippen LogP contribution in [0.1, 0.15) is 25.1 Å². The molecule has 0 aliphatic rings. The van der Waals surface area contributed by atoms with Crippen molar-refractivity contribution >= 4 is 15.8 Å². The molecule has 1 aromatic carbocycles. The Kier molecular flexibility index (Phi) is 5.64. The molecular formula is C19H21FN4O3S. The van der Waals surface area contributed by atoms with Gasteiger partial charge in [-0.25, -0.2) is 17.8 Å². The van der Waals surface area contributed by atoms with Crippen LogP contribution in [0.25, 0.3) is 0 Å². The molecule has 0 aliphatic carbocycles. The van der Waals surface area contributed by atoms with E-state index in [0.29, 0.717) is 12.3 Å². The minimum Gasteiger partial charge on any atom is -0.438 e. The SMILES string of the molecule is Cc1[nH]nc(NS(=O)(=O)c2cccnc2Oc2ccc(F)cc2)c1CC(C)C. The Morgan fingerprint density at radius 2 is 1.93 bits per heavy atom. The molecule has 0 saturated carbocycles. The normalized spacial score (nSPS) is 11.6.